The minimum atomic E-state index is 0.444. The smallest absolute Gasteiger partial charge is 0.335 e. The van der Waals surface area contributed by atoms with E-state index in [9.17, 15) is 0 Å². The molecule has 0 saturated carbocycles. The van der Waals surface area contributed by atoms with Gasteiger partial charge in [-0.3, -0.25) is 0 Å². The van der Waals surface area contributed by atoms with E-state index >= 15 is 0 Å². The summed E-state index contributed by atoms with van der Waals surface area (Å²) in [4.78, 5) is 4.08. The zero-order valence-electron chi connectivity index (χ0n) is 6.46. The number of hydrogen-bond donors (Lipinski definition) is 0. The van der Waals surface area contributed by atoms with Gasteiger partial charge in [0.05, 0.1) is 7.11 Å². The van der Waals surface area contributed by atoms with Crippen LogP contribution in [0.15, 0.2) is 0 Å². The van der Waals surface area contributed by atoms with Gasteiger partial charge >= 0.3 is 6.01 Å². The first-order valence-corrected chi connectivity index (χ1v) is 3.21. The number of rotatable bonds is 2. The fourth-order valence-electron chi connectivity index (χ4n) is 0.786. The van der Waals surface area contributed by atoms with E-state index in [1.54, 1.807) is 11.8 Å². The molecule has 0 spiro atoms. The summed E-state index contributed by atoms with van der Waals surface area (Å²) >= 11 is 0. The Morgan fingerprint density at radius 2 is 2.30 bits per heavy atom. The molecule has 4 nitrogen and oxygen atoms in total. The van der Waals surface area contributed by atoms with E-state index in [0.29, 0.717) is 6.01 Å². The highest BCUT2D eigenvalue weighted by atomic mass is 16.5. The van der Waals surface area contributed by atoms with Gasteiger partial charge in [0.2, 0.25) is 0 Å². The molecule has 1 rings (SSSR count). The molecule has 0 atom stereocenters. The summed E-state index contributed by atoms with van der Waals surface area (Å²) in [5.41, 5.74) is 0. The maximum atomic E-state index is 4.83. The first-order valence-electron chi connectivity index (χ1n) is 3.21. The Bertz CT molecular complexity index is 219. The number of ether oxygens (including phenoxy) is 1. The Morgan fingerprint density at radius 3 is 2.60 bits per heavy atom. The summed E-state index contributed by atoms with van der Waals surface area (Å²) in [5, 5.41) is 3.98. The lowest BCUT2D eigenvalue weighted by Gasteiger charge is -1.89. The van der Waals surface area contributed by atoms with Crippen LogP contribution in [-0.2, 0) is 13.5 Å². The van der Waals surface area contributed by atoms with Crippen molar-refractivity contribution in [2.75, 3.05) is 7.11 Å². The maximum absolute atomic E-state index is 4.83. The van der Waals surface area contributed by atoms with Gasteiger partial charge in [0.25, 0.3) is 0 Å². The van der Waals surface area contributed by atoms with Crippen molar-refractivity contribution in [3.05, 3.63) is 5.82 Å². The summed E-state index contributed by atoms with van der Waals surface area (Å²) in [6, 6.07) is 0.444. The summed E-state index contributed by atoms with van der Waals surface area (Å²) in [6.45, 7) is 2.03. The van der Waals surface area contributed by atoms with Gasteiger partial charge in [-0.25, -0.2) is 4.68 Å². The van der Waals surface area contributed by atoms with Gasteiger partial charge in [0.1, 0.15) is 5.82 Å². The SMILES string of the molecule is CCc1nc(OC)nn1C. The van der Waals surface area contributed by atoms with Gasteiger partial charge in [-0.05, 0) is 0 Å². The van der Waals surface area contributed by atoms with Crippen LogP contribution in [0.2, 0.25) is 0 Å². The molecule has 0 aliphatic carbocycles. The van der Waals surface area contributed by atoms with Crippen molar-refractivity contribution >= 4 is 0 Å². The third kappa shape index (κ3) is 1.10. The Hall–Kier alpha value is -1.06. The van der Waals surface area contributed by atoms with Crippen molar-refractivity contribution < 1.29 is 4.74 Å². The zero-order chi connectivity index (χ0) is 7.56. The monoisotopic (exact) mass is 141 g/mol. The molecule has 0 radical (unpaired) electrons. The molecule has 0 saturated heterocycles. The number of aryl methyl sites for hydroxylation is 2. The number of hydrogen-bond acceptors (Lipinski definition) is 3. The molecule has 0 aliphatic heterocycles. The second kappa shape index (κ2) is 2.68. The van der Waals surface area contributed by atoms with Crippen LogP contribution in [-0.4, -0.2) is 21.9 Å². The summed E-state index contributed by atoms with van der Waals surface area (Å²) in [5.74, 6) is 0.942. The van der Waals surface area contributed by atoms with Crippen LogP contribution in [0.5, 0.6) is 6.01 Å². The quantitative estimate of drug-likeness (QED) is 0.598. The van der Waals surface area contributed by atoms with E-state index in [4.69, 9.17) is 4.74 Å². The minimum Gasteiger partial charge on any atom is -0.466 e. The summed E-state index contributed by atoms with van der Waals surface area (Å²) in [7, 11) is 3.42. The molecule has 1 aromatic heterocycles. The van der Waals surface area contributed by atoms with Crippen molar-refractivity contribution in [3.63, 3.8) is 0 Å². The largest absolute Gasteiger partial charge is 0.466 e. The molecule has 0 aliphatic rings. The predicted octanol–water partition coefficient (Wildman–Crippen LogP) is 0.386. The van der Waals surface area contributed by atoms with Crippen molar-refractivity contribution in [2.24, 2.45) is 7.05 Å². The van der Waals surface area contributed by atoms with E-state index in [1.165, 1.54) is 0 Å². The Kier molecular flexibility index (Phi) is 1.89. The molecule has 0 amide bonds. The highest BCUT2D eigenvalue weighted by Gasteiger charge is 2.02. The number of nitrogens with zero attached hydrogens (tertiary/aromatic N) is 3. The highest BCUT2D eigenvalue weighted by Crippen LogP contribution is 2.02. The standard InChI is InChI=1S/C6H11N3O/c1-4-5-7-6(10-3)8-9(5)2/h4H2,1-3H3. The summed E-state index contributed by atoms with van der Waals surface area (Å²) in [6.07, 6.45) is 0.882. The van der Waals surface area contributed by atoms with Crippen molar-refractivity contribution in [2.45, 2.75) is 13.3 Å². The van der Waals surface area contributed by atoms with Crippen LogP contribution in [0.25, 0.3) is 0 Å². The fourth-order valence-corrected chi connectivity index (χ4v) is 0.786. The van der Waals surface area contributed by atoms with E-state index in [1.807, 2.05) is 14.0 Å². The van der Waals surface area contributed by atoms with Crippen LogP contribution in [0, 0.1) is 0 Å². The molecule has 0 unspecified atom stereocenters. The number of aromatic nitrogens is 3. The predicted molar refractivity (Wildman–Crippen MR) is 36.9 cm³/mol. The number of methoxy groups -OCH3 is 1. The van der Waals surface area contributed by atoms with Crippen LogP contribution in [0.4, 0.5) is 0 Å². The molecule has 1 heterocycles. The van der Waals surface area contributed by atoms with Gasteiger partial charge in [-0.15, -0.1) is 5.10 Å². The average molecular weight is 141 g/mol. The summed E-state index contributed by atoms with van der Waals surface area (Å²) < 4.78 is 6.56. The van der Waals surface area contributed by atoms with Gasteiger partial charge in [-0.2, -0.15) is 4.98 Å². The van der Waals surface area contributed by atoms with E-state index in [2.05, 4.69) is 10.1 Å². The molecule has 0 bridgehead atoms. The normalized spacial score (nSPS) is 9.90. The van der Waals surface area contributed by atoms with E-state index in [0.717, 1.165) is 12.2 Å². The molecule has 1 aromatic rings. The Labute approximate surface area is 59.8 Å². The molecule has 4 heteroatoms. The van der Waals surface area contributed by atoms with Crippen LogP contribution in [0.1, 0.15) is 12.7 Å². The van der Waals surface area contributed by atoms with E-state index < -0.39 is 0 Å². The second-order valence-electron chi connectivity index (χ2n) is 1.99. The first kappa shape index (κ1) is 7.05. The highest BCUT2D eigenvalue weighted by molar-refractivity contribution is 4.96. The van der Waals surface area contributed by atoms with Crippen molar-refractivity contribution in [1.29, 1.82) is 0 Å². The van der Waals surface area contributed by atoms with Crippen LogP contribution >= 0.6 is 0 Å². The first-order chi connectivity index (χ1) is 4.77. The lowest BCUT2D eigenvalue weighted by molar-refractivity contribution is 0.378. The van der Waals surface area contributed by atoms with Gasteiger partial charge < -0.3 is 4.74 Å². The molecule has 0 fully saturated rings. The molecule has 56 valence electrons. The van der Waals surface area contributed by atoms with Gasteiger partial charge in [0.15, 0.2) is 0 Å². The molecular formula is C6H11N3O. The lowest BCUT2D eigenvalue weighted by atomic mass is 10.5. The lowest BCUT2D eigenvalue weighted by Crippen LogP contribution is -1.96. The zero-order valence-corrected chi connectivity index (χ0v) is 6.46. The second-order valence-corrected chi connectivity index (χ2v) is 1.99. The minimum absolute atomic E-state index is 0.444. The van der Waals surface area contributed by atoms with Crippen LogP contribution < -0.4 is 4.74 Å². The third-order valence-corrected chi connectivity index (χ3v) is 1.33. The Balaban J connectivity index is 2.92. The van der Waals surface area contributed by atoms with Gasteiger partial charge in [0, 0.05) is 13.5 Å². The molecular weight excluding hydrogens is 130 g/mol. The maximum Gasteiger partial charge on any atom is 0.335 e. The molecule has 10 heavy (non-hydrogen) atoms. The topological polar surface area (TPSA) is 39.9 Å². The van der Waals surface area contributed by atoms with Crippen molar-refractivity contribution in [1.82, 2.24) is 14.8 Å². The molecule has 0 aromatic carbocycles. The van der Waals surface area contributed by atoms with Crippen molar-refractivity contribution in [3.8, 4) is 6.01 Å². The fraction of sp³-hybridized carbons (Fsp3) is 0.667. The van der Waals surface area contributed by atoms with E-state index in [-0.39, 0.29) is 0 Å². The Morgan fingerprint density at radius 1 is 1.60 bits per heavy atom. The van der Waals surface area contributed by atoms with Gasteiger partial charge in [-0.1, -0.05) is 6.92 Å². The van der Waals surface area contributed by atoms with Crippen LogP contribution in [0.3, 0.4) is 0 Å². The molecule has 0 N–H and O–H groups in total. The average Bonchev–Trinajstić information content (AvgIpc) is 2.30. The third-order valence-electron chi connectivity index (χ3n) is 1.33.